The number of sulfone groups is 1. The van der Waals surface area contributed by atoms with Gasteiger partial charge in [0.1, 0.15) is 15.6 Å². The summed E-state index contributed by atoms with van der Waals surface area (Å²) in [5, 5.41) is 7.65. The van der Waals surface area contributed by atoms with Crippen LogP contribution < -0.4 is 15.4 Å². The van der Waals surface area contributed by atoms with Crippen LogP contribution in [0.4, 0.5) is 5.69 Å². The van der Waals surface area contributed by atoms with Crippen LogP contribution in [0.2, 0.25) is 0 Å². The molecule has 5 rings (SSSR count). The van der Waals surface area contributed by atoms with E-state index in [0.29, 0.717) is 24.3 Å². The maximum absolute atomic E-state index is 12.8. The van der Waals surface area contributed by atoms with Crippen molar-refractivity contribution < 1.29 is 17.9 Å². The molecule has 1 amide bonds. The molecule has 1 atom stereocenters. The molecule has 186 valence electrons. The molecule has 1 aliphatic heterocycles. The summed E-state index contributed by atoms with van der Waals surface area (Å²) < 4.78 is 31.3. The number of aryl methyl sites for hydroxylation is 1. The Hall–Kier alpha value is -2.84. The first-order valence-electron chi connectivity index (χ1n) is 12.4. The van der Waals surface area contributed by atoms with E-state index in [0.717, 1.165) is 34.6 Å². The number of ether oxygens (including phenoxy) is 1. The lowest BCUT2D eigenvalue weighted by Crippen LogP contribution is -2.39. The van der Waals surface area contributed by atoms with Crippen molar-refractivity contribution in [2.45, 2.75) is 44.7 Å². The maximum atomic E-state index is 12.8. The topological polar surface area (TPSA) is 89.4 Å². The van der Waals surface area contributed by atoms with E-state index in [1.807, 2.05) is 37.4 Å². The van der Waals surface area contributed by atoms with Gasteiger partial charge in [-0.25, -0.2) is 8.42 Å². The molecule has 35 heavy (non-hydrogen) atoms. The summed E-state index contributed by atoms with van der Waals surface area (Å²) in [6.07, 6.45) is 3.80. The van der Waals surface area contributed by atoms with E-state index >= 15 is 0 Å². The summed E-state index contributed by atoms with van der Waals surface area (Å²) in [7, 11) is -0.837. The van der Waals surface area contributed by atoms with Gasteiger partial charge < -0.3 is 19.9 Å². The normalized spacial score (nSPS) is 18.9. The van der Waals surface area contributed by atoms with Crippen LogP contribution in [-0.2, 0) is 16.9 Å². The predicted octanol–water partition coefficient (Wildman–Crippen LogP) is 4.45. The van der Waals surface area contributed by atoms with Crippen molar-refractivity contribution in [1.29, 1.82) is 0 Å². The summed E-state index contributed by atoms with van der Waals surface area (Å²) in [5.41, 5.74) is 3.53. The Morgan fingerprint density at radius 2 is 1.77 bits per heavy atom. The Morgan fingerprint density at radius 3 is 2.46 bits per heavy atom. The largest absolute Gasteiger partial charge is 0.493 e. The van der Waals surface area contributed by atoms with Gasteiger partial charge in [0.2, 0.25) is 0 Å². The molecular formula is C27H33N3O4S. The third-order valence-electron chi connectivity index (χ3n) is 7.12. The second-order valence-electron chi connectivity index (χ2n) is 9.95. The molecule has 1 aromatic heterocycles. The SMILES string of the molecule is CC(NC1CCS(=O)(=O)CC1)c1cc2cc(NC(=O)c3ccc(OCC4CC4)cc3)ccc2n1C. The molecule has 7 nitrogen and oxygen atoms in total. The van der Waals surface area contributed by atoms with Gasteiger partial charge in [-0.3, -0.25) is 4.79 Å². The standard InChI is InChI=1S/C27H33N3O4S/c1-18(28-22-11-13-35(32,33)14-12-22)26-16-21-15-23(7-10-25(21)30(26)2)29-27(31)20-5-8-24(9-6-20)34-17-19-3-4-19/h5-10,15-16,18-19,22,28H,3-4,11-14,17H2,1-2H3,(H,29,31). The van der Waals surface area contributed by atoms with Gasteiger partial charge in [-0.15, -0.1) is 0 Å². The zero-order valence-corrected chi connectivity index (χ0v) is 21.1. The van der Waals surface area contributed by atoms with Gasteiger partial charge in [0, 0.05) is 47.0 Å². The lowest BCUT2D eigenvalue weighted by Gasteiger charge is -2.27. The molecule has 0 spiro atoms. The summed E-state index contributed by atoms with van der Waals surface area (Å²) in [6.45, 7) is 2.86. The molecule has 2 fully saturated rings. The van der Waals surface area contributed by atoms with Gasteiger partial charge in [-0.1, -0.05) is 0 Å². The number of carbonyl (C=O) groups excluding carboxylic acids is 1. The monoisotopic (exact) mass is 495 g/mol. The van der Waals surface area contributed by atoms with E-state index in [9.17, 15) is 13.2 Å². The number of benzene rings is 2. The highest BCUT2D eigenvalue weighted by atomic mass is 32.2. The van der Waals surface area contributed by atoms with Crippen molar-refractivity contribution in [3.8, 4) is 5.75 Å². The molecule has 0 bridgehead atoms. The molecule has 2 heterocycles. The van der Waals surface area contributed by atoms with Crippen molar-refractivity contribution in [3.63, 3.8) is 0 Å². The van der Waals surface area contributed by atoms with Crippen molar-refractivity contribution in [2.24, 2.45) is 13.0 Å². The minimum absolute atomic E-state index is 0.0805. The number of carbonyl (C=O) groups is 1. The van der Waals surface area contributed by atoms with Gasteiger partial charge in [0.15, 0.2) is 0 Å². The average molecular weight is 496 g/mol. The first-order chi connectivity index (χ1) is 16.8. The van der Waals surface area contributed by atoms with E-state index in [2.05, 4.69) is 28.2 Å². The molecule has 1 saturated carbocycles. The number of aromatic nitrogens is 1. The van der Waals surface area contributed by atoms with Gasteiger partial charge in [0.05, 0.1) is 18.1 Å². The minimum atomic E-state index is -2.87. The third-order valence-corrected chi connectivity index (χ3v) is 8.84. The van der Waals surface area contributed by atoms with Crippen molar-refractivity contribution in [2.75, 3.05) is 23.4 Å². The van der Waals surface area contributed by atoms with Crippen LogP contribution >= 0.6 is 0 Å². The maximum Gasteiger partial charge on any atom is 0.255 e. The van der Waals surface area contributed by atoms with Crippen LogP contribution in [0, 0.1) is 5.92 Å². The highest BCUT2D eigenvalue weighted by Gasteiger charge is 2.25. The number of hydrogen-bond acceptors (Lipinski definition) is 5. The zero-order valence-electron chi connectivity index (χ0n) is 20.3. The predicted molar refractivity (Wildman–Crippen MR) is 139 cm³/mol. The molecule has 1 aliphatic carbocycles. The van der Waals surface area contributed by atoms with Crippen LogP contribution in [0.3, 0.4) is 0 Å². The number of fused-ring (bicyclic) bond motifs is 1. The lowest BCUT2D eigenvalue weighted by molar-refractivity contribution is 0.102. The van der Waals surface area contributed by atoms with Gasteiger partial charge >= 0.3 is 0 Å². The van der Waals surface area contributed by atoms with Crippen LogP contribution in [0.1, 0.15) is 54.7 Å². The molecule has 2 aliphatic rings. The number of hydrogen-bond donors (Lipinski definition) is 2. The Morgan fingerprint density at radius 1 is 1.06 bits per heavy atom. The molecule has 0 radical (unpaired) electrons. The fourth-order valence-corrected chi connectivity index (χ4v) is 6.26. The Balaban J connectivity index is 1.24. The average Bonchev–Trinajstić information content (AvgIpc) is 3.61. The van der Waals surface area contributed by atoms with E-state index in [4.69, 9.17) is 4.74 Å². The van der Waals surface area contributed by atoms with Crippen molar-refractivity contribution in [3.05, 3.63) is 59.8 Å². The van der Waals surface area contributed by atoms with Crippen molar-refractivity contribution >= 4 is 32.3 Å². The van der Waals surface area contributed by atoms with E-state index < -0.39 is 9.84 Å². The quantitative estimate of drug-likeness (QED) is 0.482. The van der Waals surface area contributed by atoms with E-state index in [1.165, 1.54) is 12.8 Å². The second-order valence-corrected chi connectivity index (χ2v) is 12.3. The zero-order chi connectivity index (χ0) is 24.6. The smallest absolute Gasteiger partial charge is 0.255 e. The highest BCUT2D eigenvalue weighted by Crippen LogP contribution is 2.30. The fraction of sp³-hybridized carbons (Fsp3) is 0.444. The number of anilines is 1. The molecule has 8 heteroatoms. The summed E-state index contributed by atoms with van der Waals surface area (Å²) in [5.74, 6) is 1.84. The second kappa shape index (κ2) is 9.66. The Bertz CT molecular complexity index is 1310. The van der Waals surface area contributed by atoms with Gasteiger partial charge in [0.25, 0.3) is 5.91 Å². The van der Waals surface area contributed by atoms with Crippen LogP contribution in [0.25, 0.3) is 10.9 Å². The van der Waals surface area contributed by atoms with Gasteiger partial charge in [-0.05, 0) is 87.1 Å². The number of amides is 1. The molecule has 2 aromatic carbocycles. The summed E-state index contributed by atoms with van der Waals surface area (Å²) in [6, 6.07) is 15.6. The fourth-order valence-electron chi connectivity index (χ4n) is 4.76. The van der Waals surface area contributed by atoms with Crippen LogP contribution in [0.15, 0.2) is 48.5 Å². The van der Waals surface area contributed by atoms with E-state index in [-0.39, 0.29) is 29.5 Å². The minimum Gasteiger partial charge on any atom is -0.493 e. The molecular weight excluding hydrogens is 462 g/mol. The lowest BCUT2D eigenvalue weighted by atomic mass is 10.1. The van der Waals surface area contributed by atoms with Gasteiger partial charge in [-0.2, -0.15) is 0 Å². The third kappa shape index (κ3) is 5.70. The summed E-state index contributed by atoms with van der Waals surface area (Å²) in [4.78, 5) is 12.8. The first kappa shape index (κ1) is 23.9. The summed E-state index contributed by atoms with van der Waals surface area (Å²) >= 11 is 0. The Labute approximate surface area is 206 Å². The molecule has 1 saturated heterocycles. The number of rotatable bonds is 8. The number of nitrogens with one attached hydrogen (secondary N) is 2. The molecule has 2 N–H and O–H groups in total. The van der Waals surface area contributed by atoms with Crippen LogP contribution in [0.5, 0.6) is 5.75 Å². The molecule has 1 unspecified atom stereocenters. The van der Waals surface area contributed by atoms with E-state index in [1.54, 1.807) is 12.1 Å². The number of nitrogens with zero attached hydrogens (tertiary/aromatic N) is 1. The first-order valence-corrected chi connectivity index (χ1v) is 14.2. The van der Waals surface area contributed by atoms with Crippen LogP contribution in [-0.4, -0.2) is 43.0 Å². The highest BCUT2D eigenvalue weighted by molar-refractivity contribution is 7.91. The molecule has 3 aromatic rings. The van der Waals surface area contributed by atoms with Crippen molar-refractivity contribution in [1.82, 2.24) is 9.88 Å². The Kier molecular flexibility index (Phi) is 6.59.